The van der Waals surface area contributed by atoms with E-state index in [0.717, 1.165) is 16.7 Å². The molecule has 1 aromatic heterocycles. The second-order valence-corrected chi connectivity index (χ2v) is 21.1. The summed E-state index contributed by atoms with van der Waals surface area (Å²) in [7, 11) is 0. The largest absolute Gasteiger partial charge is 0.311 e. The van der Waals surface area contributed by atoms with Crippen LogP contribution >= 0.6 is 0 Å². The molecule has 15 rings (SSSR count). The van der Waals surface area contributed by atoms with Gasteiger partial charge in [-0.05, 0) is 166 Å². The number of aryl methyl sites for hydroxylation is 5. The van der Waals surface area contributed by atoms with Gasteiger partial charge in [-0.1, -0.05) is 169 Å². The summed E-state index contributed by atoms with van der Waals surface area (Å²) < 4.78 is 0. The predicted octanol–water partition coefficient (Wildman–Crippen LogP) is 14.8. The SMILES string of the molecule is Cc1cccc(N2c3cc(C)ccc3B3c4cc5c(cc4N(c4ccc(C)cc4C)c4cc(C)cc2c43)C2(c3ccccc3-c3ccc(-c4nc(-c6ccccc6)nc(-c6ccccc6)n4)cc32)c2ccccc2-5)c1. The van der Waals surface area contributed by atoms with E-state index in [1.165, 1.54) is 123 Å². The summed E-state index contributed by atoms with van der Waals surface area (Å²) in [4.78, 5) is 20.8. The Morgan fingerprint density at radius 1 is 0.333 bits per heavy atom. The standard InChI is InChI=1S/C69H50BN5/c1-41-17-16-22-49(34-41)74-61-35-43(3)27-31-58(61)70-59-39-53-51-24-13-15-26-55(51)69(57(53)40-62(59)75(60-32-28-42(2)33-45(60)5)64-37-44(4)36-63(74)65(64)70)54-25-14-12-23-50(54)52-30-29-48(38-56(52)69)68-72-66(46-18-8-6-9-19-46)71-67(73-68)47-20-10-7-11-21-47/h6-40H,1-5H3. The average molecular weight is 960 g/mol. The summed E-state index contributed by atoms with van der Waals surface area (Å²) >= 11 is 0. The van der Waals surface area contributed by atoms with E-state index in [-0.39, 0.29) is 6.71 Å². The van der Waals surface area contributed by atoms with E-state index in [1.54, 1.807) is 0 Å². The first kappa shape index (κ1) is 43.5. The van der Waals surface area contributed by atoms with Crippen LogP contribution in [0.15, 0.2) is 212 Å². The predicted molar refractivity (Wildman–Crippen MR) is 310 cm³/mol. The number of nitrogens with zero attached hydrogens (tertiary/aromatic N) is 5. The molecule has 6 heteroatoms. The van der Waals surface area contributed by atoms with Gasteiger partial charge in [-0.2, -0.15) is 0 Å². The minimum atomic E-state index is -0.657. The molecule has 0 saturated carbocycles. The molecule has 0 fully saturated rings. The van der Waals surface area contributed by atoms with Crippen molar-refractivity contribution in [3.05, 3.63) is 262 Å². The zero-order valence-corrected chi connectivity index (χ0v) is 42.5. The van der Waals surface area contributed by atoms with Gasteiger partial charge in [0.1, 0.15) is 0 Å². The third-order valence-corrected chi connectivity index (χ3v) is 16.4. The number of aromatic nitrogens is 3. The van der Waals surface area contributed by atoms with Crippen molar-refractivity contribution in [2.24, 2.45) is 0 Å². The van der Waals surface area contributed by atoms with Gasteiger partial charge < -0.3 is 9.80 Å². The molecule has 11 aromatic rings. The first-order valence-electron chi connectivity index (χ1n) is 26.1. The molecule has 1 unspecified atom stereocenters. The summed E-state index contributed by atoms with van der Waals surface area (Å²) in [6, 6.07) is 78.8. The Labute approximate surface area is 438 Å². The van der Waals surface area contributed by atoms with E-state index in [1.807, 2.05) is 36.4 Å². The van der Waals surface area contributed by atoms with Crippen LogP contribution in [0, 0.1) is 34.6 Å². The molecule has 4 aliphatic rings. The molecule has 0 bridgehead atoms. The van der Waals surface area contributed by atoms with Crippen LogP contribution in [0.3, 0.4) is 0 Å². The molecule has 1 atom stereocenters. The molecular formula is C69H50BN5. The lowest BCUT2D eigenvalue weighted by molar-refractivity contribution is 0.794. The van der Waals surface area contributed by atoms with E-state index in [4.69, 9.17) is 15.0 Å². The second-order valence-electron chi connectivity index (χ2n) is 21.1. The van der Waals surface area contributed by atoms with Crippen LogP contribution in [0.4, 0.5) is 34.1 Å². The topological polar surface area (TPSA) is 45.2 Å². The van der Waals surface area contributed by atoms with Crippen molar-refractivity contribution < 1.29 is 0 Å². The fourth-order valence-electron chi connectivity index (χ4n) is 13.3. The fourth-order valence-corrected chi connectivity index (χ4v) is 13.3. The summed E-state index contributed by atoms with van der Waals surface area (Å²) in [5.41, 5.74) is 29.6. The van der Waals surface area contributed by atoms with E-state index >= 15 is 0 Å². The van der Waals surface area contributed by atoms with Crippen molar-refractivity contribution in [3.63, 3.8) is 0 Å². The summed E-state index contributed by atoms with van der Waals surface area (Å²) in [5.74, 6) is 1.93. The molecule has 0 amide bonds. The van der Waals surface area contributed by atoms with Crippen molar-refractivity contribution in [1.29, 1.82) is 0 Å². The van der Waals surface area contributed by atoms with Crippen LogP contribution < -0.4 is 26.2 Å². The molecule has 2 aliphatic heterocycles. The zero-order chi connectivity index (χ0) is 50.3. The number of anilines is 6. The maximum absolute atomic E-state index is 5.27. The minimum absolute atomic E-state index is 0.0329. The molecule has 0 saturated heterocycles. The Morgan fingerprint density at radius 2 is 0.880 bits per heavy atom. The maximum Gasteiger partial charge on any atom is 0.252 e. The quantitative estimate of drug-likeness (QED) is 0.161. The Kier molecular flexibility index (Phi) is 9.38. The van der Waals surface area contributed by atoms with Crippen molar-refractivity contribution in [2.75, 3.05) is 9.80 Å². The summed E-state index contributed by atoms with van der Waals surface area (Å²) in [6.45, 7) is 11.1. The van der Waals surface area contributed by atoms with Crippen LogP contribution in [-0.2, 0) is 5.41 Å². The lowest BCUT2D eigenvalue weighted by Crippen LogP contribution is -2.61. The lowest BCUT2D eigenvalue weighted by Gasteiger charge is -2.45. The molecular weight excluding hydrogens is 910 g/mol. The Morgan fingerprint density at radius 3 is 1.56 bits per heavy atom. The molecule has 75 heavy (non-hydrogen) atoms. The first-order valence-corrected chi connectivity index (χ1v) is 26.1. The molecule has 2 aliphatic carbocycles. The Bertz CT molecular complexity index is 4160. The Hall–Kier alpha value is -9.13. The lowest BCUT2D eigenvalue weighted by atomic mass is 9.33. The van der Waals surface area contributed by atoms with Gasteiger partial charge in [0.2, 0.25) is 0 Å². The molecule has 10 aromatic carbocycles. The number of hydrogen-bond acceptors (Lipinski definition) is 5. The minimum Gasteiger partial charge on any atom is -0.311 e. The normalized spacial score (nSPS) is 15.0. The van der Waals surface area contributed by atoms with Gasteiger partial charge in [0.05, 0.1) is 5.41 Å². The molecule has 5 nitrogen and oxygen atoms in total. The highest BCUT2D eigenvalue weighted by atomic mass is 15.2. The third kappa shape index (κ3) is 6.29. The van der Waals surface area contributed by atoms with Gasteiger partial charge in [0.25, 0.3) is 6.71 Å². The summed E-state index contributed by atoms with van der Waals surface area (Å²) in [5, 5.41) is 0. The zero-order valence-electron chi connectivity index (χ0n) is 42.5. The number of fused-ring (bicyclic) bond motifs is 14. The van der Waals surface area contributed by atoms with Gasteiger partial charge >= 0.3 is 0 Å². The molecule has 3 heterocycles. The van der Waals surface area contributed by atoms with Gasteiger partial charge in [-0.25, -0.2) is 15.0 Å². The van der Waals surface area contributed by atoms with E-state index in [9.17, 15) is 0 Å². The highest BCUT2D eigenvalue weighted by Gasteiger charge is 2.54. The second kappa shape index (κ2) is 16.2. The van der Waals surface area contributed by atoms with Gasteiger partial charge in [0, 0.05) is 50.8 Å². The van der Waals surface area contributed by atoms with Gasteiger partial charge in [-0.15, -0.1) is 0 Å². The highest BCUT2D eigenvalue weighted by Crippen LogP contribution is 2.64. The smallest absolute Gasteiger partial charge is 0.252 e. The third-order valence-electron chi connectivity index (χ3n) is 16.4. The summed E-state index contributed by atoms with van der Waals surface area (Å²) in [6.07, 6.45) is 0. The van der Waals surface area contributed by atoms with Gasteiger partial charge in [0.15, 0.2) is 17.5 Å². The first-order chi connectivity index (χ1) is 36.7. The van der Waals surface area contributed by atoms with Crippen LogP contribution in [0.1, 0.15) is 50.1 Å². The van der Waals surface area contributed by atoms with E-state index in [0.29, 0.717) is 17.5 Å². The molecule has 354 valence electrons. The van der Waals surface area contributed by atoms with E-state index in [2.05, 4.69) is 220 Å². The van der Waals surface area contributed by atoms with Crippen LogP contribution in [0.2, 0.25) is 0 Å². The molecule has 0 N–H and O–H groups in total. The number of rotatable bonds is 5. The van der Waals surface area contributed by atoms with Gasteiger partial charge in [-0.3, -0.25) is 0 Å². The average Bonchev–Trinajstić information content (AvgIpc) is 3.98. The van der Waals surface area contributed by atoms with Crippen molar-refractivity contribution in [3.8, 4) is 56.4 Å². The molecule has 1 spiro atoms. The monoisotopic (exact) mass is 959 g/mol. The number of hydrogen-bond donors (Lipinski definition) is 0. The van der Waals surface area contributed by atoms with Crippen molar-refractivity contribution in [2.45, 2.75) is 40.0 Å². The fraction of sp³-hybridized carbons (Fsp3) is 0.0870. The highest BCUT2D eigenvalue weighted by molar-refractivity contribution is 7.00. The van der Waals surface area contributed by atoms with Crippen LogP contribution in [0.25, 0.3) is 56.4 Å². The van der Waals surface area contributed by atoms with Crippen molar-refractivity contribution >= 4 is 57.2 Å². The van der Waals surface area contributed by atoms with Crippen LogP contribution in [-0.4, -0.2) is 21.7 Å². The molecule has 0 radical (unpaired) electrons. The Balaban J connectivity index is 1.02. The van der Waals surface area contributed by atoms with E-state index < -0.39 is 5.41 Å². The maximum atomic E-state index is 5.27. The number of benzene rings is 10. The van der Waals surface area contributed by atoms with Crippen LogP contribution in [0.5, 0.6) is 0 Å². The van der Waals surface area contributed by atoms with Crippen molar-refractivity contribution in [1.82, 2.24) is 15.0 Å².